The largest absolute Gasteiger partial charge is 0.392 e. The highest BCUT2D eigenvalue weighted by Gasteiger charge is 2.11. The van der Waals surface area contributed by atoms with Gasteiger partial charge in [0.25, 0.3) is 0 Å². The minimum atomic E-state index is 0.149. The number of aliphatic hydroxyl groups is 1. The summed E-state index contributed by atoms with van der Waals surface area (Å²) in [5.74, 6) is 0. The molecule has 0 saturated heterocycles. The third-order valence-electron chi connectivity index (χ3n) is 2.79. The normalized spacial score (nSPS) is 13.3. The molecule has 0 spiro atoms. The smallest absolute Gasteiger partial charge is 0.0699 e. The van der Waals surface area contributed by atoms with E-state index in [0.717, 1.165) is 12.0 Å². The van der Waals surface area contributed by atoms with E-state index in [4.69, 9.17) is 5.11 Å². The number of nitrogens with zero attached hydrogens (tertiary/aromatic N) is 1. The van der Waals surface area contributed by atoms with Crippen LogP contribution in [0.3, 0.4) is 0 Å². The lowest BCUT2D eigenvalue weighted by Crippen LogP contribution is -2.07. The van der Waals surface area contributed by atoms with E-state index in [9.17, 15) is 0 Å². The van der Waals surface area contributed by atoms with Crippen molar-refractivity contribution in [3.05, 3.63) is 23.0 Å². The van der Waals surface area contributed by atoms with Gasteiger partial charge in [-0.2, -0.15) is 0 Å². The van der Waals surface area contributed by atoms with Gasteiger partial charge in [0.05, 0.1) is 6.61 Å². The summed E-state index contributed by atoms with van der Waals surface area (Å²) in [6, 6.07) is 2.60. The zero-order chi connectivity index (χ0) is 10.0. The highest BCUT2D eigenvalue weighted by Crippen LogP contribution is 2.21. The molecule has 1 heterocycles. The lowest BCUT2D eigenvalue weighted by atomic mass is 10.2. The van der Waals surface area contributed by atoms with Crippen molar-refractivity contribution < 1.29 is 5.11 Å². The number of aromatic nitrogens is 1. The average molecular weight is 181 g/mol. The van der Waals surface area contributed by atoms with Crippen molar-refractivity contribution in [2.45, 2.75) is 46.8 Å². The maximum atomic E-state index is 9.10. The Kier molecular flexibility index (Phi) is 3.15. The highest BCUT2D eigenvalue weighted by molar-refractivity contribution is 5.26. The molecule has 0 fully saturated rings. The van der Waals surface area contributed by atoms with E-state index in [1.807, 2.05) is 0 Å². The Hall–Kier alpha value is -0.760. The molecule has 0 radical (unpaired) electrons. The first-order chi connectivity index (χ1) is 6.11. The molecular weight excluding hydrogens is 162 g/mol. The van der Waals surface area contributed by atoms with Gasteiger partial charge in [-0.25, -0.2) is 0 Å². The SMILES string of the molecule is CC[C@H](C)n1c(C)cc(CO)c1C. The van der Waals surface area contributed by atoms with Gasteiger partial charge in [0.1, 0.15) is 0 Å². The Morgan fingerprint density at radius 3 is 2.46 bits per heavy atom. The van der Waals surface area contributed by atoms with Crippen molar-refractivity contribution in [1.82, 2.24) is 4.57 Å². The Bertz CT molecular complexity index is 289. The Labute approximate surface area is 80.2 Å². The van der Waals surface area contributed by atoms with E-state index in [-0.39, 0.29) is 6.61 Å². The lowest BCUT2D eigenvalue weighted by molar-refractivity contribution is 0.280. The molecule has 0 saturated carbocycles. The summed E-state index contributed by atoms with van der Waals surface area (Å²) < 4.78 is 2.30. The molecule has 0 unspecified atom stereocenters. The zero-order valence-electron chi connectivity index (χ0n) is 8.96. The third-order valence-corrected chi connectivity index (χ3v) is 2.79. The summed E-state index contributed by atoms with van der Waals surface area (Å²) in [5.41, 5.74) is 3.50. The third kappa shape index (κ3) is 1.78. The zero-order valence-corrected chi connectivity index (χ0v) is 8.96. The summed E-state index contributed by atoms with van der Waals surface area (Å²) in [5, 5.41) is 9.10. The van der Waals surface area contributed by atoms with Crippen molar-refractivity contribution in [2.24, 2.45) is 0 Å². The molecule has 1 aromatic rings. The predicted octanol–water partition coefficient (Wildman–Crippen LogP) is 2.57. The number of aryl methyl sites for hydroxylation is 1. The topological polar surface area (TPSA) is 25.2 Å². The Morgan fingerprint density at radius 1 is 1.46 bits per heavy atom. The van der Waals surface area contributed by atoms with E-state index < -0.39 is 0 Å². The van der Waals surface area contributed by atoms with Crippen LogP contribution in [0.2, 0.25) is 0 Å². The van der Waals surface area contributed by atoms with E-state index >= 15 is 0 Å². The molecule has 1 N–H and O–H groups in total. The second-order valence-electron chi connectivity index (χ2n) is 3.68. The van der Waals surface area contributed by atoms with Gasteiger partial charge in [0.2, 0.25) is 0 Å². The van der Waals surface area contributed by atoms with Gasteiger partial charge in [-0.15, -0.1) is 0 Å². The van der Waals surface area contributed by atoms with Gasteiger partial charge < -0.3 is 9.67 Å². The van der Waals surface area contributed by atoms with Crippen LogP contribution in [-0.2, 0) is 6.61 Å². The van der Waals surface area contributed by atoms with E-state index in [2.05, 4.69) is 38.3 Å². The first kappa shape index (κ1) is 10.3. The molecule has 74 valence electrons. The van der Waals surface area contributed by atoms with Crippen LogP contribution in [0.4, 0.5) is 0 Å². The number of hydrogen-bond acceptors (Lipinski definition) is 1. The second kappa shape index (κ2) is 3.97. The molecule has 0 aromatic carbocycles. The van der Waals surface area contributed by atoms with Crippen LogP contribution in [0.5, 0.6) is 0 Å². The minimum absolute atomic E-state index is 0.149. The predicted molar refractivity (Wildman–Crippen MR) is 54.8 cm³/mol. The van der Waals surface area contributed by atoms with Crippen LogP contribution in [0.15, 0.2) is 6.07 Å². The Balaban J connectivity index is 3.12. The van der Waals surface area contributed by atoms with Crippen molar-refractivity contribution in [3.63, 3.8) is 0 Å². The van der Waals surface area contributed by atoms with Crippen LogP contribution in [0, 0.1) is 13.8 Å². The maximum absolute atomic E-state index is 9.10. The molecule has 2 heteroatoms. The summed E-state index contributed by atoms with van der Waals surface area (Å²) in [6.07, 6.45) is 1.13. The van der Waals surface area contributed by atoms with Gasteiger partial charge in [-0.1, -0.05) is 6.92 Å². The van der Waals surface area contributed by atoms with E-state index in [1.165, 1.54) is 11.4 Å². The molecule has 0 bridgehead atoms. The fraction of sp³-hybridized carbons (Fsp3) is 0.636. The van der Waals surface area contributed by atoms with Crippen molar-refractivity contribution >= 4 is 0 Å². The molecule has 1 aromatic heterocycles. The van der Waals surface area contributed by atoms with Crippen molar-refractivity contribution in [1.29, 1.82) is 0 Å². The first-order valence-electron chi connectivity index (χ1n) is 4.90. The average Bonchev–Trinajstić information content (AvgIpc) is 2.40. The van der Waals surface area contributed by atoms with Crippen LogP contribution < -0.4 is 0 Å². The second-order valence-corrected chi connectivity index (χ2v) is 3.68. The van der Waals surface area contributed by atoms with Gasteiger partial charge in [-0.3, -0.25) is 0 Å². The van der Waals surface area contributed by atoms with Crippen LogP contribution >= 0.6 is 0 Å². The first-order valence-corrected chi connectivity index (χ1v) is 4.90. The monoisotopic (exact) mass is 181 g/mol. The molecule has 2 nitrogen and oxygen atoms in total. The molecule has 0 aliphatic rings. The molecule has 1 atom stereocenters. The maximum Gasteiger partial charge on any atom is 0.0699 e. The van der Waals surface area contributed by atoms with Crippen LogP contribution in [0.1, 0.15) is 43.3 Å². The molecule has 0 amide bonds. The summed E-state index contributed by atoms with van der Waals surface area (Å²) in [7, 11) is 0. The molecular formula is C11H19NO. The minimum Gasteiger partial charge on any atom is -0.392 e. The Morgan fingerprint density at radius 2 is 2.08 bits per heavy atom. The standard InChI is InChI=1S/C11H19NO/c1-5-8(2)12-9(3)6-11(7-13)10(12)4/h6,8,13H,5,7H2,1-4H3/t8-/m0/s1. The van der Waals surface area contributed by atoms with Gasteiger partial charge in [0.15, 0.2) is 0 Å². The summed E-state index contributed by atoms with van der Waals surface area (Å²) in [6.45, 7) is 8.71. The van der Waals surface area contributed by atoms with Crippen molar-refractivity contribution in [2.75, 3.05) is 0 Å². The number of rotatable bonds is 3. The quantitative estimate of drug-likeness (QED) is 0.761. The van der Waals surface area contributed by atoms with Crippen molar-refractivity contribution in [3.8, 4) is 0 Å². The lowest BCUT2D eigenvalue weighted by Gasteiger charge is -2.16. The highest BCUT2D eigenvalue weighted by atomic mass is 16.3. The molecule has 0 aliphatic heterocycles. The fourth-order valence-electron chi connectivity index (χ4n) is 1.87. The van der Waals surface area contributed by atoms with Gasteiger partial charge in [-0.05, 0) is 38.8 Å². The van der Waals surface area contributed by atoms with Gasteiger partial charge in [0, 0.05) is 17.4 Å². The summed E-state index contributed by atoms with van der Waals surface area (Å²) >= 11 is 0. The summed E-state index contributed by atoms with van der Waals surface area (Å²) in [4.78, 5) is 0. The fourth-order valence-corrected chi connectivity index (χ4v) is 1.87. The molecule has 1 rings (SSSR count). The van der Waals surface area contributed by atoms with E-state index in [1.54, 1.807) is 0 Å². The molecule has 13 heavy (non-hydrogen) atoms. The van der Waals surface area contributed by atoms with Crippen LogP contribution in [0.25, 0.3) is 0 Å². The number of aliphatic hydroxyl groups excluding tert-OH is 1. The number of hydrogen-bond donors (Lipinski definition) is 1. The molecule has 0 aliphatic carbocycles. The van der Waals surface area contributed by atoms with Gasteiger partial charge >= 0.3 is 0 Å². The van der Waals surface area contributed by atoms with Crippen LogP contribution in [-0.4, -0.2) is 9.67 Å². The van der Waals surface area contributed by atoms with E-state index in [0.29, 0.717) is 6.04 Å².